The average molecular weight is 442 g/mol. The second-order valence-corrected chi connectivity index (χ2v) is 10.4. The van der Waals surface area contributed by atoms with Crippen molar-refractivity contribution in [3.8, 4) is 0 Å². The fraction of sp³-hybridized carbons (Fsp3) is 0.781. The predicted molar refractivity (Wildman–Crippen MR) is 146 cm³/mol. The summed E-state index contributed by atoms with van der Waals surface area (Å²) >= 11 is 0. The van der Waals surface area contributed by atoms with Gasteiger partial charge in [-0.2, -0.15) is 0 Å². The molecule has 0 aliphatic carbocycles. The lowest BCUT2D eigenvalue weighted by molar-refractivity contribution is 0.531. The molecule has 0 N–H and O–H groups in total. The van der Waals surface area contributed by atoms with Gasteiger partial charge in [-0.15, -0.1) is 0 Å². The molecule has 1 unspecified atom stereocenters. The van der Waals surface area contributed by atoms with Crippen LogP contribution in [-0.2, 0) is 12.8 Å². The molecule has 0 aliphatic rings. The zero-order valence-electron chi connectivity index (χ0n) is 22.3. The molecule has 1 rings (SSSR count). The van der Waals surface area contributed by atoms with E-state index in [1.54, 1.807) is 0 Å². The van der Waals surface area contributed by atoms with Gasteiger partial charge in [0, 0.05) is 0 Å². The van der Waals surface area contributed by atoms with Crippen molar-refractivity contribution >= 4 is 0 Å². The fourth-order valence-corrected chi connectivity index (χ4v) is 4.71. The first-order valence-electron chi connectivity index (χ1n) is 14.7. The van der Waals surface area contributed by atoms with Gasteiger partial charge in [0.15, 0.2) is 0 Å². The monoisotopic (exact) mass is 441 g/mol. The van der Waals surface area contributed by atoms with Crippen LogP contribution in [0.15, 0.2) is 24.3 Å². The van der Waals surface area contributed by atoms with Crippen molar-refractivity contribution in [1.82, 2.24) is 0 Å². The Morgan fingerprint density at radius 2 is 0.938 bits per heavy atom. The number of unbranched alkanes of at least 4 members (excludes halogenated alkanes) is 16. The van der Waals surface area contributed by atoms with Crippen molar-refractivity contribution in [3.05, 3.63) is 41.8 Å². The number of benzene rings is 1. The van der Waals surface area contributed by atoms with Crippen molar-refractivity contribution in [2.45, 2.75) is 156 Å². The molecule has 0 heterocycles. The Morgan fingerprint density at radius 3 is 1.44 bits per heavy atom. The van der Waals surface area contributed by atoms with Gasteiger partial charge in [0.1, 0.15) is 0 Å². The second kappa shape index (κ2) is 22.0. The molecule has 0 nitrogen and oxygen atoms in total. The Bertz CT molecular complexity index is 485. The third-order valence-electron chi connectivity index (χ3n) is 7.11. The van der Waals surface area contributed by atoms with Crippen LogP contribution in [0.2, 0.25) is 0 Å². The van der Waals surface area contributed by atoms with Crippen LogP contribution in [-0.4, -0.2) is 0 Å². The lowest BCUT2D eigenvalue weighted by Crippen LogP contribution is -1.99. The number of aryl methyl sites for hydroxylation is 1. The molecule has 32 heavy (non-hydrogen) atoms. The smallest absolute Gasteiger partial charge is 0.0245 e. The summed E-state index contributed by atoms with van der Waals surface area (Å²) in [5, 5.41) is 0. The van der Waals surface area contributed by atoms with Gasteiger partial charge >= 0.3 is 0 Å². The molecule has 0 spiro atoms. The van der Waals surface area contributed by atoms with E-state index in [4.69, 9.17) is 0 Å². The summed E-state index contributed by atoms with van der Waals surface area (Å²) in [5.41, 5.74) is 3.01. The van der Waals surface area contributed by atoms with Crippen LogP contribution < -0.4 is 0 Å². The van der Waals surface area contributed by atoms with Crippen molar-refractivity contribution in [2.24, 2.45) is 5.92 Å². The van der Waals surface area contributed by atoms with E-state index < -0.39 is 0 Å². The van der Waals surface area contributed by atoms with E-state index in [9.17, 15) is 0 Å². The minimum Gasteiger partial charge on any atom is -0.0654 e. The highest BCUT2D eigenvalue weighted by atomic mass is 14.1. The van der Waals surface area contributed by atoms with E-state index in [2.05, 4.69) is 51.5 Å². The normalized spacial score (nSPS) is 12.3. The van der Waals surface area contributed by atoms with Gasteiger partial charge in [0.2, 0.25) is 0 Å². The maximum absolute atomic E-state index is 2.52. The highest BCUT2D eigenvalue weighted by molar-refractivity contribution is 5.23. The zero-order chi connectivity index (χ0) is 23.1. The maximum atomic E-state index is 2.52. The summed E-state index contributed by atoms with van der Waals surface area (Å²) in [6, 6.07) is 9.47. The molecule has 185 valence electrons. The van der Waals surface area contributed by atoms with Gasteiger partial charge < -0.3 is 0 Å². The molecule has 0 aliphatic heterocycles. The van der Waals surface area contributed by atoms with Crippen LogP contribution in [0.25, 0.3) is 0 Å². The molecule has 1 radical (unpaired) electrons. The van der Waals surface area contributed by atoms with Crippen molar-refractivity contribution in [3.63, 3.8) is 0 Å². The van der Waals surface area contributed by atoms with E-state index >= 15 is 0 Å². The summed E-state index contributed by atoms with van der Waals surface area (Å²) in [5.74, 6) is 0.752. The van der Waals surface area contributed by atoms with Crippen LogP contribution in [0.1, 0.15) is 154 Å². The SMILES string of the molecule is CCCCCCCCCCCCCCCCc1ccc(C[CH]C(C)CCCCCC)cc1. The minimum atomic E-state index is 0.752. The zero-order valence-corrected chi connectivity index (χ0v) is 22.3. The molecule has 0 saturated carbocycles. The summed E-state index contributed by atoms with van der Waals surface area (Å²) in [6.07, 6.45) is 32.0. The maximum Gasteiger partial charge on any atom is -0.0245 e. The molecule has 0 saturated heterocycles. The Hall–Kier alpha value is -0.780. The van der Waals surface area contributed by atoms with Crippen molar-refractivity contribution in [2.75, 3.05) is 0 Å². The molecule has 0 amide bonds. The third kappa shape index (κ3) is 17.7. The van der Waals surface area contributed by atoms with Crippen LogP contribution in [0.5, 0.6) is 0 Å². The lowest BCUT2D eigenvalue weighted by atomic mass is 9.95. The van der Waals surface area contributed by atoms with Crippen LogP contribution >= 0.6 is 0 Å². The quantitative estimate of drug-likeness (QED) is 0.148. The molecule has 0 heteroatoms. The topological polar surface area (TPSA) is 0 Å². The molecule has 0 bridgehead atoms. The van der Waals surface area contributed by atoms with Crippen LogP contribution in [0.3, 0.4) is 0 Å². The Labute approximate surface area is 203 Å². The van der Waals surface area contributed by atoms with E-state index in [1.165, 1.54) is 140 Å². The van der Waals surface area contributed by atoms with Gasteiger partial charge in [-0.3, -0.25) is 0 Å². The Morgan fingerprint density at radius 1 is 0.531 bits per heavy atom. The van der Waals surface area contributed by atoms with Gasteiger partial charge in [0.25, 0.3) is 0 Å². The number of hydrogen-bond acceptors (Lipinski definition) is 0. The molecule has 1 aromatic rings. The Balaban J connectivity index is 1.93. The standard InChI is InChI=1S/C32H57/c1-4-6-8-10-11-12-13-14-15-16-17-18-19-21-23-31-26-28-32(29-27-31)25-24-30(3)22-20-9-7-5-2/h24,26-30H,4-23,25H2,1-3H3. The summed E-state index contributed by atoms with van der Waals surface area (Å²) < 4.78 is 0. The van der Waals surface area contributed by atoms with Gasteiger partial charge in [-0.1, -0.05) is 161 Å². The summed E-state index contributed by atoms with van der Waals surface area (Å²) in [4.78, 5) is 0. The largest absolute Gasteiger partial charge is 0.0654 e. The Kier molecular flexibility index (Phi) is 20.1. The number of rotatable bonds is 23. The van der Waals surface area contributed by atoms with Crippen molar-refractivity contribution in [1.29, 1.82) is 0 Å². The van der Waals surface area contributed by atoms with Gasteiger partial charge in [-0.05, 0) is 42.7 Å². The van der Waals surface area contributed by atoms with Gasteiger partial charge in [0.05, 0.1) is 0 Å². The first kappa shape index (κ1) is 29.3. The number of hydrogen-bond donors (Lipinski definition) is 0. The highest BCUT2D eigenvalue weighted by Gasteiger charge is 2.04. The second-order valence-electron chi connectivity index (χ2n) is 10.4. The van der Waals surface area contributed by atoms with E-state index in [0.717, 1.165) is 12.3 Å². The average Bonchev–Trinajstić information content (AvgIpc) is 2.81. The fourth-order valence-electron chi connectivity index (χ4n) is 4.71. The van der Waals surface area contributed by atoms with E-state index in [0.29, 0.717) is 0 Å². The molecular weight excluding hydrogens is 384 g/mol. The summed E-state index contributed by atoms with van der Waals surface area (Å²) in [7, 11) is 0. The first-order valence-corrected chi connectivity index (χ1v) is 14.7. The summed E-state index contributed by atoms with van der Waals surface area (Å²) in [6.45, 7) is 6.98. The third-order valence-corrected chi connectivity index (χ3v) is 7.11. The highest BCUT2D eigenvalue weighted by Crippen LogP contribution is 2.17. The minimum absolute atomic E-state index is 0.752. The van der Waals surface area contributed by atoms with Gasteiger partial charge in [-0.25, -0.2) is 0 Å². The molecule has 1 atom stereocenters. The van der Waals surface area contributed by atoms with E-state index in [-0.39, 0.29) is 0 Å². The first-order chi connectivity index (χ1) is 15.8. The van der Waals surface area contributed by atoms with Crippen molar-refractivity contribution < 1.29 is 0 Å². The molecule has 0 fully saturated rings. The molecular formula is C32H57. The lowest BCUT2D eigenvalue weighted by Gasteiger charge is -2.11. The van der Waals surface area contributed by atoms with E-state index in [1.807, 2.05) is 0 Å². The molecule has 0 aromatic heterocycles. The molecule has 1 aromatic carbocycles. The van der Waals surface area contributed by atoms with Crippen LogP contribution in [0.4, 0.5) is 0 Å². The predicted octanol–water partition coefficient (Wildman–Crippen LogP) is 11.1. The van der Waals surface area contributed by atoms with Crippen LogP contribution in [0, 0.1) is 12.3 Å².